The number of amidine groups is 1. The fourth-order valence-corrected chi connectivity index (χ4v) is 5.26. The largest absolute Gasteiger partial charge is 0.497 e. The minimum Gasteiger partial charge on any atom is -0.497 e. The second-order valence-corrected chi connectivity index (χ2v) is 10.2. The van der Waals surface area contributed by atoms with E-state index in [4.69, 9.17) is 26.1 Å². The predicted octanol–water partition coefficient (Wildman–Crippen LogP) is 5.73. The summed E-state index contributed by atoms with van der Waals surface area (Å²) in [5.41, 5.74) is 2.52. The maximum absolute atomic E-state index is 13.4. The molecule has 4 rings (SSSR count). The average Bonchev–Trinajstić information content (AvgIpc) is 3.22. The molecule has 1 aliphatic rings. The zero-order chi connectivity index (χ0) is 27.8. The molecule has 0 bridgehead atoms. The fraction of sp³-hybridized carbons (Fsp3) is 0.241. The van der Waals surface area contributed by atoms with E-state index < -0.39 is 11.2 Å². The van der Waals surface area contributed by atoms with Crippen LogP contribution in [0.5, 0.6) is 5.75 Å². The molecule has 1 fully saturated rings. The van der Waals surface area contributed by atoms with Crippen molar-refractivity contribution >= 4 is 57.7 Å². The van der Waals surface area contributed by atoms with Gasteiger partial charge in [-0.15, -0.1) is 0 Å². The van der Waals surface area contributed by atoms with Gasteiger partial charge in [-0.2, -0.15) is 0 Å². The van der Waals surface area contributed by atoms with Gasteiger partial charge in [0, 0.05) is 13.0 Å². The standard InChI is InChI=1S/C29H28ClN3O5S/c1-3-38-28(36)20-10-12-21(13-11-20)31-29-33(17-16-19-8-14-22(37-2)15-9-19)27(35)25(39-29)18-26(34)32-24-7-5-4-6-23(24)30/h4-15,25H,3,16-18H2,1-2H3,(H,32,34). The van der Waals surface area contributed by atoms with E-state index in [1.54, 1.807) is 67.5 Å². The van der Waals surface area contributed by atoms with Crippen LogP contribution in [0.1, 0.15) is 29.3 Å². The van der Waals surface area contributed by atoms with Gasteiger partial charge in [0.2, 0.25) is 11.8 Å². The number of aliphatic imine (C=N–C) groups is 1. The summed E-state index contributed by atoms with van der Waals surface area (Å²) in [6.07, 6.45) is 0.560. The van der Waals surface area contributed by atoms with E-state index >= 15 is 0 Å². The van der Waals surface area contributed by atoms with Gasteiger partial charge in [-0.1, -0.05) is 47.6 Å². The van der Waals surface area contributed by atoms with Crippen LogP contribution in [0.3, 0.4) is 0 Å². The Morgan fingerprint density at radius 3 is 2.44 bits per heavy atom. The van der Waals surface area contributed by atoms with Crippen LogP contribution in [-0.2, 0) is 20.7 Å². The maximum Gasteiger partial charge on any atom is 0.338 e. The van der Waals surface area contributed by atoms with Gasteiger partial charge in [-0.3, -0.25) is 14.5 Å². The quantitative estimate of drug-likeness (QED) is 0.315. The number of ether oxygens (including phenoxy) is 2. The highest BCUT2D eigenvalue weighted by molar-refractivity contribution is 8.15. The first-order valence-corrected chi connectivity index (χ1v) is 13.6. The Kier molecular flexibility index (Phi) is 9.62. The number of thioether (sulfide) groups is 1. The molecule has 202 valence electrons. The van der Waals surface area contributed by atoms with Gasteiger partial charge < -0.3 is 14.8 Å². The van der Waals surface area contributed by atoms with Gasteiger partial charge in [0.05, 0.1) is 35.7 Å². The van der Waals surface area contributed by atoms with Gasteiger partial charge in [-0.05, 0) is 67.4 Å². The van der Waals surface area contributed by atoms with Crippen LogP contribution in [0.15, 0.2) is 77.8 Å². The molecule has 8 nitrogen and oxygen atoms in total. The molecule has 0 saturated carbocycles. The van der Waals surface area contributed by atoms with Crippen molar-refractivity contribution in [3.05, 3.63) is 88.9 Å². The molecule has 0 radical (unpaired) electrons. The van der Waals surface area contributed by atoms with Crippen LogP contribution < -0.4 is 10.1 Å². The molecular formula is C29H28ClN3O5S. The Morgan fingerprint density at radius 2 is 1.77 bits per heavy atom. The van der Waals surface area contributed by atoms with Crippen molar-refractivity contribution in [2.24, 2.45) is 4.99 Å². The monoisotopic (exact) mass is 565 g/mol. The Labute approximate surface area is 236 Å². The lowest BCUT2D eigenvalue weighted by Gasteiger charge is -2.17. The molecule has 1 N–H and O–H groups in total. The second-order valence-electron chi connectivity index (χ2n) is 8.59. The van der Waals surface area contributed by atoms with E-state index in [1.165, 1.54) is 11.8 Å². The Balaban J connectivity index is 1.52. The van der Waals surface area contributed by atoms with Crippen molar-refractivity contribution in [1.82, 2.24) is 4.90 Å². The van der Waals surface area contributed by atoms with Crippen LogP contribution in [0, 0.1) is 0 Å². The number of amides is 2. The lowest BCUT2D eigenvalue weighted by Crippen LogP contribution is -2.35. The molecule has 3 aromatic rings. The number of carbonyl (C=O) groups is 3. The number of carbonyl (C=O) groups excluding carboxylic acids is 3. The first kappa shape index (κ1) is 28.2. The fourth-order valence-electron chi connectivity index (χ4n) is 3.89. The summed E-state index contributed by atoms with van der Waals surface area (Å²) in [4.78, 5) is 44.5. The number of anilines is 1. The third kappa shape index (κ3) is 7.40. The SMILES string of the molecule is CCOC(=O)c1ccc(N=C2SC(CC(=O)Nc3ccccc3Cl)C(=O)N2CCc2ccc(OC)cc2)cc1. The molecule has 1 aliphatic heterocycles. The molecule has 1 saturated heterocycles. The van der Waals surface area contributed by atoms with Crippen molar-refractivity contribution in [3.8, 4) is 5.75 Å². The molecule has 2 amide bonds. The highest BCUT2D eigenvalue weighted by Crippen LogP contribution is 2.32. The number of nitrogens with one attached hydrogen (secondary N) is 1. The number of methoxy groups -OCH3 is 1. The van der Waals surface area contributed by atoms with Crippen molar-refractivity contribution in [1.29, 1.82) is 0 Å². The molecule has 1 heterocycles. The molecule has 39 heavy (non-hydrogen) atoms. The second kappa shape index (κ2) is 13.3. The number of rotatable bonds is 10. The first-order chi connectivity index (χ1) is 18.9. The highest BCUT2D eigenvalue weighted by atomic mass is 35.5. The van der Waals surface area contributed by atoms with Gasteiger partial charge in [0.15, 0.2) is 5.17 Å². The van der Waals surface area contributed by atoms with E-state index in [0.29, 0.717) is 40.1 Å². The smallest absolute Gasteiger partial charge is 0.338 e. The van der Waals surface area contributed by atoms with Crippen molar-refractivity contribution < 1.29 is 23.9 Å². The summed E-state index contributed by atoms with van der Waals surface area (Å²) in [5, 5.41) is 3.06. The number of nitrogens with zero attached hydrogens (tertiary/aromatic N) is 2. The molecule has 1 atom stereocenters. The highest BCUT2D eigenvalue weighted by Gasteiger charge is 2.39. The average molecular weight is 566 g/mol. The molecule has 0 aliphatic carbocycles. The zero-order valence-electron chi connectivity index (χ0n) is 21.6. The summed E-state index contributed by atoms with van der Waals surface area (Å²) >= 11 is 7.41. The van der Waals surface area contributed by atoms with Crippen molar-refractivity contribution in [3.63, 3.8) is 0 Å². The topological polar surface area (TPSA) is 97.3 Å². The summed E-state index contributed by atoms with van der Waals surface area (Å²) < 4.78 is 10.3. The minimum atomic E-state index is -0.638. The summed E-state index contributed by atoms with van der Waals surface area (Å²) in [6, 6.07) is 21.3. The maximum atomic E-state index is 13.4. The number of hydrogen-bond donors (Lipinski definition) is 1. The molecule has 0 aromatic heterocycles. The number of halogens is 1. The Morgan fingerprint density at radius 1 is 1.05 bits per heavy atom. The minimum absolute atomic E-state index is 0.0332. The van der Waals surface area contributed by atoms with Gasteiger partial charge in [0.25, 0.3) is 0 Å². The van der Waals surface area contributed by atoms with E-state index in [2.05, 4.69) is 5.32 Å². The predicted molar refractivity (Wildman–Crippen MR) is 154 cm³/mol. The van der Waals surface area contributed by atoms with Crippen molar-refractivity contribution in [2.45, 2.75) is 25.0 Å². The lowest BCUT2D eigenvalue weighted by molar-refractivity contribution is -0.128. The van der Waals surface area contributed by atoms with Crippen LogP contribution in [0.2, 0.25) is 5.02 Å². The number of esters is 1. The number of hydrogen-bond acceptors (Lipinski definition) is 7. The Hall–Kier alpha value is -3.82. The van der Waals surface area contributed by atoms with E-state index in [1.807, 2.05) is 24.3 Å². The zero-order valence-corrected chi connectivity index (χ0v) is 23.1. The van der Waals surface area contributed by atoms with Crippen LogP contribution in [0.25, 0.3) is 0 Å². The molecule has 1 unspecified atom stereocenters. The van der Waals surface area contributed by atoms with Gasteiger partial charge in [-0.25, -0.2) is 9.79 Å². The van der Waals surface area contributed by atoms with Crippen molar-refractivity contribution in [2.75, 3.05) is 25.6 Å². The van der Waals surface area contributed by atoms with Gasteiger partial charge >= 0.3 is 5.97 Å². The Bertz CT molecular complexity index is 1360. The van der Waals surface area contributed by atoms with E-state index in [-0.39, 0.29) is 24.8 Å². The summed E-state index contributed by atoms with van der Waals surface area (Å²) in [6.45, 7) is 2.43. The third-order valence-corrected chi connectivity index (χ3v) is 7.43. The number of benzene rings is 3. The molecular weight excluding hydrogens is 538 g/mol. The van der Waals surface area contributed by atoms with E-state index in [0.717, 1.165) is 11.3 Å². The molecule has 10 heteroatoms. The third-order valence-electron chi connectivity index (χ3n) is 5.93. The van der Waals surface area contributed by atoms with Gasteiger partial charge in [0.1, 0.15) is 11.0 Å². The lowest BCUT2D eigenvalue weighted by atomic mass is 10.1. The molecule has 0 spiro atoms. The van der Waals surface area contributed by atoms with E-state index in [9.17, 15) is 14.4 Å². The van der Waals surface area contributed by atoms with Crippen LogP contribution in [0.4, 0.5) is 11.4 Å². The van der Waals surface area contributed by atoms with Crippen LogP contribution >= 0.6 is 23.4 Å². The summed E-state index contributed by atoms with van der Waals surface area (Å²) in [5.74, 6) is -0.161. The first-order valence-electron chi connectivity index (χ1n) is 12.4. The molecule has 3 aromatic carbocycles. The summed E-state index contributed by atoms with van der Waals surface area (Å²) in [7, 11) is 1.61. The number of para-hydroxylation sites is 1. The normalized spacial score (nSPS) is 15.9. The van der Waals surface area contributed by atoms with Crippen LogP contribution in [-0.4, -0.2) is 53.4 Å².